The van der Waals surface area contributed by atoms with Crippen LogP contribution < -0.4 is 0 Å². The molecule has 0 aromatic heterocycles. The van der Waals surface area contributed by atoms with E-state index in [4.69, 9.17) is 0 Å². The number of carbonyl (C=O) groups is 1. The normalized spacial score (nSPS) is 9.80. The lowest BCUT2D eigenvalue weighted by atomic mass is 9.99. The molecule has 0 saturated heterocycles. The molecule has 0 unspecified atom stereocenters. The van der Waals surface area contributed by atoms with Gasteiger partial charge in [0.25, 0.3) is 0 Å². The molecule has 0 aliphatic heterocycles. The fraction of sp³-hybridized carbons (Fsp3) is 0.0417. The molecule has 0 aliphatic rings. The highest BCUT2D eigenvalue weighted by Gasteiger charge is 2.08. The molecule has 0 spiro atoms. The van der Waals surface area contributed by atoms with Crippen molar-refractivity contribution in [2.24, 2.45) is 0 Å². The van der Waals surface area contributed by atoms with Crippen molar-refractivity contribution >= 4 is 11.4 Å². The lowest BCUT2D eigenvalue weighted by molar-refractivity contribution is 0.103. The second kappa shape index (κ2) is 7.47. The van der Waals surface area contributed by atoms with Gasteiger partial charge in [0.15, 0.2) is 5.78 Å². The SMILES string of the molecule is C=C(C)c1ccc(C(=O)c2ccc(C#Cc3ccccc3)cc2)cc1. The second-order valence-electron chi connectivity index (χ2n) is 5.88. The molecule has 0 N–H and O–H groups in total. The molecule has 0 radical (unpaired) electrons. The van der Waals surface area contributed by atoms with Gasteiger partial charge in [-0.15, -0.1) is 0 Å². The summed E-state index contributed by atoms with van der Waals surface area (Å²) in [5, 5.41) is 0. The van der Waals surface area contributed by atoms with Crippen molar-refractivity contribution in [3.05, 3.63) is 113 Å². The molecule has 1 nitrogen and oxygen atoms in total. The number of allylic oxidation sites excluding steroid dienone is 1. The Morgan fingerprint density at radius 2 is 1.12 bits per heavy atom. The van der Waals surface area contributed by atoms with Crippen LogP contribution in [0.2, 0.25) is 0 Å². The Balaban J connectivity index is 1.77. The predicted molar refractivity (Wildman–Crippen MR) is 103 cm³/mol. The Hall–Kier alpha value is -3.37. The zero-order valence-electron chi connectivity index (χ0n) is 14.1. The van der Waals surface area contributed by atoms with Crippen molar-refractivity contribution < 1.29 is 4.79 Å². The molecule has 0 bridgehead atoms. The van der Waals surface area contributed by atoms with Gasteiger partial charge < -0.3 is 0 Å². The lowest BCUT2D eigenvalue weighted by Gasteiger charge is -2.04. The third kappa shape index (κ3) is 4.13. The van der Waals surface area contributed by atoms with Gasteiger partial charge in [0.05, 0.1) is 0 Å². The number of hydrogen-bond acceptors (Lipinski definition) is 1. The van der Waals surface area contributed by atoms with E-state index >= 15 is 0 Å². The first kappa shape index (κ1) is 16.5. The van der Waals surface area contributed by atoms with E-state index in [1.54, 1.807) is 0 Å². The minimum atomic E-state index is 0.0100. The number of benzene rings is 3. The lowest BCUT2D eigenvalue weighted by Crippen LogP contribution is -2.01. The zero-order chi connectivity index (χ0) is 17.6. The van der Waals surface area contributed by atoms with Crippen LogP contribution >= 0.6 is 0 Å². The molecule has 0 amide bonds. The molecule has 25 heavy (non-hydrogen) atoms. The Morgan fingerprint density at radius 1 is 0.680 bits per heavy atom. The first-order valence-corrected chi connectivity index (χ1v) is 8.11. The molecular weight excluding hydrogens is 304 g/mol. The van der Waals surface area contributed by atoms with Crippen LogP contribution in [0.1, 0.15) is 39.5 Å². The molecule has 0 heterocycles. The Kier molecular flexibility index (Phi) is 4.92. The Morgan fingerprint density at radius 3 is 1.64 bits per heavy atom. The molecule has 3 aromatic carbocycles. The summed E-state index contributed by atoms with van der Waals surface area (Å²) < 4.78 is 0. The first-order chi connectivity index (χ1) is 12.1. The van der Waals surface area contributed by atoms with Gasteiger partial charge in [-0.1, -0.05) is 66.5 Å². The van der Waals surface area contributed by atoms with Gasteiger partial charge in [-0.25, -0.2) is 0 Å². The van der Waals surface area contributed by atoms with E-state index in [2.05, 4.69) is 18.4 Å². The topological polar surface area (TPSA) is 17.1 Å². The quantitative estimate of drug-likeness (QED) is 0.469. The molecule has 3 aromatic rings. The summed E-state index contributed by atoms with van der Waals surface area (Å²) in [6.07, 6.45) is 0. The van der Waals surface area contributed by atoms with Crippen LogP contribution in [0, 0.1) is 11.8 Å². The van der Waals surface area contributed by atoms with E-state index in [0.717, 1.165) is 22.3 Å². The monoisotopic (exact) mass is 322 g/mol. The predicted octanol–water partition coefficient (Wildman–Crippen LogP) is 5.35. The zero-order valence-corrected chi connectivity index (χ0v) is 14.1. The molecule has 0 saturated carbocycles. The van der Waals surface area contributed by atoms with Crippen molar-refractivity contribution in [2.45, 2.75) is 6.92 Å². The number of ketones is 1. The van der Waals surface area contributed by atoms with Gasteiger partial charge in [0, 0.05) is 22.3 Å². The van der Waals surface area contributed by atoms with Crippen LogP contribution in [0.25, 0.3) is 5.57 Å². The van der Waals surface area contributed by atoms with Gasteiger partial charge in [-0.2, -0.15) is 0 Å². The summed E-state index contributed by atoms with van der Waals surface area (Å²) in [4.78, 5) is 12.6. The van der Waals surface area contributed by atoms with Crippen LogP contribution in [0.3, 0.4) is 0 Å². The van der Waals surface area contributed by atoms with Gasteiger partial charge in [-0.3, -0.25) is 4.79 Å². The molecule has 0 aliphatic carbocycles. The van der Waals surface area contributed by atoms with Crippen LogP contribution in [0.4, 0.5) is 0 Å². The highest BCUT2D eigenvalue weighted by atomic mass is 16.1. The van der Waals surface area contributed by atoms with E-state index in [-0.39, 0.29) is 5.78 Å². The Labute approximate surface area is 148 Å². The maximum atomic E-state index is 12.6. The van der Waals surface area contributed by atoms with E-state index < -0.39 is 0 Å². The van der Waals surface area contributed by atoms with Crippen molar-refractivity contribution in [3.8, 4) is 11.8 Å². The highest BCUT2D eigenvalue weighted by molar-refractivity contribution is 6.09. The number of hydrogen-bond donors (Lipinski definition) is 0. The third-order valence-corrected chi connectivity index (χ3v) is 3.91. The van der Waals surface area contributed by atoms with E-state index in [0.29, 0.717) is 11.1 Å². The summed E-state index contributed by atoms with van der Waals surface area (Å²) >= 11 is 0. The minimum Gasteiger partial charge on any atom is -0.289 e. The molecule has 1 heteroatoms. The third-order valence-electron chi connectivity index (χ3n) is 3.91. The van der Waals surface area contributed by atoms with Crippen LogP contribution in [0.15, 0.2) is 85.4 Å². The highest BCUT2D eigenvalue weighted by Crippen LogP contribution is 2.15. The maximum Gasteiger partial charge on any atom is 0.193 e. The summed E-state index contributed by atoms with van der Waals surface area (Å²) in [7, 11) is 0. The average molecular weight is 322 g/mol. The largest absolute Gasteiger partial charge is 0.289 e. The summed E-state index contributed by atoms with van der Waals surface area (Å²) in [6.45, 7) is 5.86. The average Bonchev–Trinajstić information content (AvgIpc) is 2.67. The fourth-order valence-electron chi connectivity index (χ4n) is 2.44. The molecule has 3 rings (SSSR count). The van der Waals surface area contributed by atoms with E-state index in [9.17, 15) is 4.79 Å². The van der Waals surface area contributed by atoms with Crippen molar-refractivity contribution in [1.29, 1.82) is 0 Å². The van der Waals surface area contributed by atoms with E-state index in [1.807, 2.05) is 85.8 Å². The van der Waals surface area contributed by atoms with Crippen molar-refractivity contribution in [1.82, 2.24) is 0 Å². The van der Waals surface area contributed by atoms with Crippen molar-refractivity contribution in [3.63, 3.8) is 0 Å². The minimum absolute atomic E-state index is 0.0100. The van der Waals surface area contributed by atoms with Gasteiger partial charge in [-0.05, 0) is 48.9 Å². The van der Waals surface area contributed by atoms with Gasteiger partial charge in [0.2, 0.25) is 0 Å². The molecule has 120 valence electrons. The second-order valence-corrected chi connectivity index (χ2v) is 5.88. The van der Waals surface area contributed by atoms with Crippen molar-refractivity contribution in [2.75, 3.05) is 0 Å². The van der Waals surface area contributed by atoms with Crippen LogP contribution in [0.5, 0.6) is 0 Å². The van der Waals surface area contributed by atoms with Gasteiger partial charge in [0.1, 0.15) is 0 Å². The standard InChI is InChI=1S/C24H18O/c1-18(2)21-14-16-23(17-15-21)24(25)22-12-10-20(11-13-22)9-8-19-6-4-3-5-7-19/h3-7,10-17H,1H2,2H3. The first-order valence-electron chi connectivity index (χ1n) is 8.11. The Bertz CT molecular complexity index is 951. The number of rotatable bonds is 3. The molecular formula is C24H18O. The summed E-state index contributed by atoms with van der Waals surface area (Å²) in [6, 6.07) is 24.8. The smallest absolute Gasteiger partial charge is 0.193 e. The van der Waals surface area contributed by atoms with Gasteiger partial charge >= 0.3 is 0 Å². The van der Waals surface area contributed by atoms with Crippen LogP contribution in [-0.4, -0.2) is 5.78 Å². The summed E-state index contributed by atoms with van der Waals surface area (Å²) in [5.74, 6) is 6.24. The van der Waals surface area contributed by atoms with Crippen LogP contribution in [-0.2, 0) is 0 Å². The fourth-order valence-corrected chi connectivity index (χ4v) is 2.44. The summed E-state index contributed by atoms with van der Waals surface area (Å²) in [5.41, 5.74) is 5.23. The van der Waals surface area contributed by atoms with E-state index in [1.165, 1.54) is 0 Å². The number of carbonyl (C=O) groups excluding carboxylic acids is 1. The maximum absolute atomic E-state index is 12.6. The molecule has 0 fully saturated rings. The molecule has 0 atom stereocenters.